The monoisotopic (exact) mass is 273 g/mol. The standard InChI is InChI=1S/C14H31N3O2/c1-13(2,3)8-11(15)7-12(18)16-9-14(4,19)10-17(5)6/h11,19H,7-10,15H2,1-6H3,(H,16,18). The van der Waals surface area contributed by atoms with Crippen LogP contribution in [-0.2, 0) is 4.79 Å². The summed E-state index contributed by atoms with van der Waals surface area (Å²) < 4.78 is 0. The minimum absolute atomic E-state index is 0.101. The third-order valence-corrected chi connectivity index (χ3v) is 2.65. The Morgan fingerprint density at radius 3 is 2.26 bits per heavy atom. The van der Waals surface area contributed by atoms with Crippen molar-refractivity contribution in [3.63, 3.8) is 0 Å². The number of nitrogens with one attached hydrogen (secondary N) is 1. The molecule has 0 aromatic carbocycles. The molecule has 5 heteroatoms. The Balaban J connectivity index is 4.05. The van der Waals surface area contributed by atoms with E-state index in [4.69, 9.17) is 5.73 Å². The van der Waals surface area contributed by atoms with Gasteiger partial charge in [0.1, 0.15) is 0 Å². The van der Waals surface area contributed by atoms with Crippen LogP contribution in [0.25, 0.3) is 0 Å². The number of rotatable bonds is 7. The van der Waals surface area contributed by atoms with Crippen molar-refractivity contribution in [3.8, 4) is 0 Å². The fraction of sp³-hybridized carbons (Fsp3) is 0.929. The molecule has 1 amide bonds. The van der Waals surface area contributed by atoms with Crippen LogP contribution >= 0.6 is 0 Å². The number of nitrogens with two attached hydrogens (primary N) is 1. The van der Waals surface area contributed by atoms with E-state index >= 15 is 0 Å². The van der Waals surface area contributed by atoms with Crippen LogP contribution in [0.2, 0.25) is 0 Å². The Kier molecular flexibility index (Phi) is 6.97. The van der Waals surface area contributed by atoms with Crippen LogP contribution in [0, 0.1) is 5.41 Å². The maximum Gasteiger partial charge on any atom is 0.221 e. The van der Waals surface area contributed by atoms with Gasteiger partial charge >= 0.3 is 0 Å². The van der Waals surface area contributed by atoms with Gasteiger partial charge in [0.2, 0.25) is 5.91 Å². The Morgan fingerprint density at radius 1 is 1.32 bits per heavy atom. The number of nitrogens with zero attached hydrogens (tertiary/aromatic N) is 1. The van der Waals surface area contributed by atoms with Gasteiger partial charge in [0.15, 0.2) is 0 Å². The van der Waals surface area contributed by atoms with Crippen LogP contribution in [0.15, 0.2) is 0 Å². The molecule has 0 fully saturated rings. The lowest BCUT2D eigenvalue weighted by molar-refractivity contribution is -0.122. The lowest BCUT2D eigenvalue weighted by atomic mass is 9.87. The second-order valence-electron chi connectivity index (χ2n) is 7.24. The van der Waals surface area contributed by atoms with E-state index in [1.165, 1.54) is 0 Å². The number of carbonyl (C=O) groups is 1. The van der Waals surface area contributed by atoms with Crippen molar-refractivity contribution in [3.05, 3.63) is 0 Å². The molecule has 0 bridgehead atoms. The fourth-order valence-electron chi connectivity index (χ4n) is 2.20. The summed E-state index contributed by atoms with van der Waals surface area (Å²) in [6.07, 6.45) is 1.10. The first-order valence-electron chi connectivity index (χ1n) is 6.81. The van der Waals surface area contributed by atoms with Crippen molar-refractivity contribution < 1.29 is 9.90 Å². The SMILES string of the molecule is CN(C)CC(C)(O)CNC(=O)CC(N)CC(C)(C)C. The van der Waals surface area contributed by atoms with Crippen LogP contribution in [0.5, 0.6) is 0 Å². The molecule has 0 rings (SSSR count). The van der Waals surface area contributed by atoms with E-state index in [0.29, 0.717) is 13.0 Å². The summed E-state index contributed by atoms with van der Waals surface area (Å²) in [7, 11) is 3.77. The van der Waals surface area contributed by atoms with E-state index in [2.05, 4.69) is 26.1 Å². The highest BCUT2D eigenvalue weighted by molar-refractivity contribution is 5.76. The zero-order valence-electron chi connectivity index (χ0n) is 13.3. The summed E-state index contributed by atoms with van der Waals surface area (Å²) in [5, 5.41) is 12.8. The second kappa shape index (κ2) is 7.22. The first-order valence-corrected chi connectivity index (χ1v) is 6.81. The van der Waals surface area contributed by atoms with Gasteiger partial charge in [-0.25, -0.2) is 0 Å². The molecule has 0 aliphatic heterocycles. The van der Waals surface area contributed by atoms with Gasteiger partial charge in [0.05, 0.1) is 5.60 Å². The van der Waals surface area contributed by atoms with E-state index in [0.717, 1.165) is 6.42 Å². The Labute approximate surface area is 117 Å². The third kappa shape index (κ3) is 10.9. The molecule has 0 saturated heterocycles. The number of hydrogen-bond donors (Lipinski definition) is 3. The van der Waals surface area contributed by atoms with Crippen LogP contribution in [0.4, 0.5) is 0 Å². The second-order valence-corrected chi connectivity index (χ2v) is 7.24. The van der Waals surface area contributed by atoms with E-state index < -0.39 is 5.60 Å². The molecule has 19 heavy (non-hydrogen) atoms. The zero-order valence-corrected chi connectivity index (χ0v) is 13.3. The van der Waals surface area contributed by atoms with Gasteiger partial charge in [-0.1, -0.05) is 20.8 Å². The predicted molar refractivity (Wildman–Crippen MR) is 78.9 cm³/mol. The van der Waals surface area contributed by atoms with Crippen molar-refractivity contribution in [2.45, 2.75) is 52.2 Å². The molecule has 0 aromatic rings. The van der Waals surface area contributed by atoms with E-state index in [9.17, 15) is 9.90 Å². The number of carbonyl (C=O) groups excluding carboxylic acids is 1. The van der Waals surface area contributed by atoms with Gasteiger partial charge in [-0.05, 0) is 32.9 Å². The molecular formula is C14H31N3O2. The number of likely N-dealkylation sites (N-methyl/N-ethyl adjacent to an activating group) is 1. The van der Waals surface area contributed by atoms with Gasteiger partial charge in [-0.15, -0.1) is 0 Å². The highest BCUT2D eigenvalue weighted by atomic mass is 16.3. The molecule has 0 heterocycles. The summed E-state index contributed by atoms with van der Waals surface area (Å²) in [6, 6.07) is -0.140. The first kappa shape index (κ1) is 18.4. The summed E-state index contributed by atoms with van der Waals surface area (Å²) in [5.74, 6) is -0.101. The van der Waals surface area contributed by atoms with Crippen molar-refractivity contribution in [2.24, 2.45) is 11.1 Å². The summed E-state index contributed by atoms with van der Waals surface area (Å²) in [6.45, 7) is 8.77. The molecule has 2 unspecified atom stereocenters. The first-order chi connectivity index (χ1) is 8.41. The molecule has 0 saturated carbocycles. The van der Waals surface area contributed by atoms with Crippen molar-refractivity contribution in [1.29, 1.82) is 0 Å². The van der Waals surface area contributed by atoms with Crippen LogP contribution in [0.1, 0.15) is 40.5 Å². The highest BCUT2D eigenvalue weighted by Gasteiger charge is 2.23. The van der Waals surface area contributed by atoms with E-state index in [1.807, 2.05) is 19.0 Å². The largest absolute Gasteiger partial charge is 0.387 e. The number of amides is 1. The molecule has 4 N–H and O–H groups in total. The lowest BCUT2D eigenvalue weighted by Crippen LogP contribution is -2.47. The molecule has 0 spiro atoms. The predicted octanol–water partition coefficient (Wildman–Crippen LogP) is 0.569. The van der Waals surface area contributed by atoms with E-state index in [-0.39, 0.29) is 23.9 Å². The maximum absolute atomic E-state index is 11.8. The van der Waals surface area contributed by atoms with Crippen molar-refractivity contribution >= 4 is 5.91 Å². The summed E-state index contributed by atoms with van der Waals surface area (Å²) in [4.78, 5) is 13.6. The molecule has 0 aliphatic rings. The van der Waals surface area contributed by atoms with Gasteiger partial charge < -0.3 is 21.1 Å². The minimum Gasteiger partial charge on any atom is -0.387 e. The molecular weight excluding hydrogens is 242 g/mol. The van der Waals surface area contributed by atoms with Gasteiger partial charge in [-0.3, -0.25) is 4.79 Å². The lowest BCUT2D eigenvalue weighted by Gasteiger charge is -2.27. The smallest absolute Gasteiger partial charge is 0.221 e. The molecule has 114 valence electrons. The van der Waals surface area contributed by atoms with Crippen LogP contribution in [0.3, 0.4) is 0 Å². The third-order valence-electron chi connectivity index (χ3n) is 2.65. The Bertz CT molecular complexity index is 283. The molecule has 2 atom stereocenters. The molecule has 0 aromatic heterocycles. The number of hydrogen-bond acceptors (Lipinski definition) is 4. The average Bonchev–Trinajstić information content (AvgIpc) is 2.09. The van der Waals surface area contributed by atoms with E-state index in [1.54, 1.807) is 6.92 Å². The maximum atomic E-state index is 11.8. The quantitative estimate of drug-likeness (QED) is 0.633. The zero-order chi connectivity index (χ0) is 15.3. The van der Waals surface area contributed by atoms with Crippen LogP contribution < -0.4 is 11.1 Å². The summed E-state index contributed by atoms with van der Waals surface area (Å²) >= 11 is 0. The van der Waals surface area contributed by atoms with Crippen molar-refractivity contribution in [1.82, 2.24) is 10.2 Å². The van der Waals surface area contributed by atoms with Gasteiger partial charge in [0, 0.05) is 25.6 Å². The molecule has 0 radical (unpaired) electrons. The normalized spacial score (nSPS) is 17.1. The Hall–Kier alpha value is -0.650. The van der Waals surface area contributed by atoms with Crippen molar-refractivity contribution in [2.75, 3.05) is 27.2 Å². The van der Waals surface area contributed by atoms with Gasteiger partial charge in [0.25, 0.3) is 0 Å². The highest BCUT2D eigenvalue weighted by Crippen LogP contribution is 2.20. The van der Waals surface area contributed by atoms with Gasteiger partial charge in [-0.2, -0.15) is 0 Å². The summed E-state index contributed by atoms with van der Waals surface area (Å²) in [5.41, 5.74) is 5.15. The number of aliphatic hydroxyl groups is 1. The topological polar surface area (TPSA) is 78.6 Å². The Morgan fingerprint density at radius 2 is 1.84 bits per heavy atom. The average molecular weight is 273 g/mol. The van der Waals surface area contributed by atoms with Crippen LogP contribution in [-0.4, -0.2) is 54.7 Å². The minimum atomic E-state index is -0.923. The fourth-order valence-corrected chi connectivity index (χ4v) is 2.20. The molecule has 0 aliphatic carbocycles. The molecule has 5 nitrogen and oxygen atoms in total.